The molecule has 0 aromatic carbocycles. The fraction of sp³-hybridized carbons (Fsp3) is 0.929. The summed E-state index contributed by atoms with van der Waals surface area (Å²) < 4.78 is 0. The van der Waals surface area contributed by atoms with Crippen LogP contribution in [0.5, 0.6) is 0 Å². The number of amides is 1. The molecule has 2 saturated heterocycles. The van der Waals surface area contributed by atoms with Gasteiger partial charge in [0.15, 0.2) is 0 Å². The number of nitrogens with zero attached hydrogens (tertiary/aromatic N) is 1. The summed E-state index contributed by atoms with van der Waals surface area (Å²) in [6, 6.07) is 0. The van der Waals surface area contributed by atoms with E-state index in [-0.39, 0.29) is 5.91 Å². The van der Waals surface area contributed by atoms with Gasteiger partial charge in [-0.1, -0.05) is 12.8 Å². The fourth-order valence-corrected chi connectivity index (χ4v) is 2.94. The topological polar surface area (TPSA) is 44.4 Å². The monoisotopic (exact) mass is 253 g/mol. The van der Waals surface area contributed by atoms with E-state index < -0.39 is 0 Å². The highest BCUT2D eigenvalue weighted by atomic mass is 16.1. The first-order valence-corrected chi connectivity index (χ1v) is 7.54. The molecule has 1 amide bonds. The van der Waals surface area contributed by atoms with E-state index in [0.29, 0.717) is 12.3 Å². The summed E-state index contributed by atoms with van der Waals surface area (Å²) >= 11 is 0. The molecule has 0 aromatic heterocycles. The molecule has 0 saturated carbocycles. The Morgan fingerprint density at radius 1 is 1.22 bits per heavy atom. The van der Waals surface area contributed by atoms with Gasteiger partial charge in [-0.2, -0.15) is 0 Å². The van der Waals surface area contributed by atoms with Gasteiger partial charge in [-0.05, 0) is 51.4 Å². The van der Waals surface area contributed by atoms with Gasteiger partial charge in [-0.3, -0.25) is 4.79 Å². The smallest absolute Gasteiger partial charge is 0.220 e. The lowest BCUT2D eigenvalue weighted by Gasteiger charge is -2.20. The summed E-state index contributed by atoms with van der Waals surface area (Å²) in [4.78, 5) is 14.2. The van der Waals surface area contributed by atoms with Gasteiger partial charge in [0.1, 0.15) is 0 Å². The number of likely N-dealkylation sites (tertiary alicyclic amines) is 1. The third-order valence-electron chi connectivity index (χ3n) is 4.09. The number of carbonyl (C=O) groups excluding carboxylic acids is 1. The number of carbonyl (C=O) groups is 1. The minimum absolute atomic E-state index is 0.235. The van der Waals surface area contributed by atoms with Crippen LogP contribution in [0.4, 0.5) is 0 Å². The maximum Gasteiger partial charge on any atom is 0.220 e. The van der Waals surface area contributed by atoms with Crippen LogP contribution in [-0.4, -0.2) is 50.1 Å². The molecular formula is C14H27N3O. The lowest BCUT2D eigenvalue weighted by atomic mass is 10.0. The molecule has 0 bridgehead atoms. The van der Waals surface area contributed by atoms with Crippen molar-refractivity contribution in [1.82, 2.24) is 15.5 Å². The van der Waals surface area contributed by atoms with Crippen LogP contribution in [0.15, 0.2) is 0 Å². The number of nitrogens with one attached hydrogen (secondary N) is 2. The zero-order chi connectivity index (χ0) is 12.6. The third-order valence-corrected chi connectivity index (χ3v) is 4.09. The van der Waals surface area contributed by atoms with Crippen molar-refractivity contribution >= 4 is 5.91 Å². The van der Waals surface area contributed by atoms with Gasteiger partial charge in [0.2, 0.25) is 5.91 Å². The molecule has 2 rings (SSSR count). The first-order chi connectivity index (χ1) is 8.84. The first-order valence-electron chi connectivity index (χ1n) is 7.54. The summed E-state index contributed by atoms with van der Waals surface area (Å²) in [6.07, 6.45) is 7.24. The minimum Gasteiger partial charge on any atom is -0.355 e. The van der Waals surface area contributed by atoms with Crippen molar-refractivity contribution in [3.05, 3.63) is 0 Å². The maximum absolute atomic E-state index is 11.8. The Bertz CT molecular complexity index is 243. The second-order valence-corrected chi connectivity index (χ2v) is 5.67. The van der Waals surface area contributed by atoms with Crippen LogP contribution in [0.3, 0.4) is 0 Å². The molecular weight excluding hydrogens is 226 g/mol. The summed E-state index contributed by atoms with van der Waals surface area (Å²) in [5.74, 6) is 0.793. The molecule has 2 heterocycles. The summed E-state index contributed by atoms with van der Waals surface area (Å²) in [5.41, 5.74) is 0. The van der Waals surface area contributed by atoms with Crippen molar-refractivity contribution < 1.29 is 4.79 Å². The van der Waals surface area contributed by atoms with Crippen LogP contribution in [0.2, 0.25) is 0 Å². The van der Waals surface area contributed by atoms with Crippen molar-refractivity contribution in [3.63, 3.8) is 0 Å². The molecule has 18 heavy (non-hydrogen) atoms. The Hall–Kier alpha value is -0.610. The lowest BCUT2D eigenvalue weighted by molar-refractivity contribution is -0.121. The zero-order valence-corrected chi connectivity index (χ0v) is 11.4. The molecule has 2 fully saturated rings. The molecule has 0 aromatic rings. The molecule has 2 N–H and O–H groups in total. The van der Waals surface area contributed by atoms with Crippen LogP contribution in [0.25, 0.3) is 0 Å². The molecule has 104 valence electrons. The molecule has 1 unspecified atom stereocenters. The summed E-state index contributed by atoms with van der Waals surface area (Å²) in [5, 5.41) is 6.37. The van der Waals surface area contributed by atoms with Crippen LogP contribution in [0, 0.1) is 5.92 Å². The number of hydrogen-bond acceptors (Lipinski definition) is 3. The fourth-order valence-electron chi connectivity index (χ4n) is 2.94. The summed E-state index contributed by atoms with van der Waals surface area (Å²) in [7, 11) is 0. The highest BCUT2D eigenvalue weighted by Gasteiger charge is 2.17. The van der Waals surface area contributed by atoms with Crippen LogP contribution in [-0.2, 0) is 4.79 Å². The highest BCUT2D eigenvalue weighted by Crippen LogP contribution is 2.11. The molecule has 0 spiro atoms. The average molecular weight is 253 g/mol. The van der Waals surface area contributed by atoms with Crippen LogP contribution in [0.1, 0.15) is 38.5 Å². The number of hydrogen-bond donors (Lipinski definition) is 2. The van der Waals surface area contributed by atoms with Gasteiger partial charge in [-0.25, -0.2) is 0 Å². The predicted molar refractivity (Wildman–Crippen MR) is 73.5 cm³/mol. The summed E-state index contributed by atoms with van der Waals surface area (Å²) in [6.45, 7) is 6.35. The van der Waals surface area contributed by atoms with Gasteiger partial charge in [0, 0.05) is 19.5 Å². The van der Waals surface area contributed by atoms with E-state index in [1.54, 1.807) is 0 Å². The van der Waals surface area contributed by atoms with Gasteiger partial charge in [0.25, 0.3) is 0 Å². The Labute approximate surface area is 110 Å². The Morgan fingerprint density at radius 3 is 2.67 bits per heavy atom. The molecule has 4 nitrogen and oxygen atoms in total. The minimum atomic E-state index is 0.235. The Morgan fingerprint density at radius 2 is 2.00 bits per heavy atom. The Kier molecular flexibility index (Phi) is 5.94. The van der Waals surface area contributed by atoms with E-state index in [2.05, 4.69) is 15.5 Å². The largest absolute Gasteiger partial charge is 0.355 e. The van der Waals surface area contributed by atoms with Crippen molar-refractivity contribution in [2.45, 2.75) is 38.5 Å². The molecule has 2 aliphatic heterocycles. The third kappa shape index (κ3) is 4.94. The van der Waals surface area contributed by atoms with Crippen molar-refractivity contribution in [1.29, 1.82) is 0 Å². The first kappa shape index (κ1) is 13.8. The highest BCUT2D eigenvalue weighted by molar-refractivity contribution is 5.76. The standard InChI is InChI=1S/C14H27N3O/c18-14(11-13-5-6-15-12-13)16-7-10-17-8-3-1-2-4-9-17/h13,15H,1-12H2,(H,16,18). The lowest BCUT2D eigenvalue weighted by Crippen LogP contribution is -2.36. The van der Waals surface area contributed by atoms with Gasteiger partial charge in [0.05, 0.1) is 0 Å². The van der Waals surface area contributed by atoms with E-state index in [1.807, 2.05) is 0 Å². The second kappa shape index (κ2) is 7.74. The van der Waals surface area contributed by atoms with E-state index in [0.717, 1.165) is 32.6 Å². The Balaban J connectivity index is 1.54. The zero-order valence-electron chi connectivity index (χ0n) is 11.4. The van der Waals surface area contributed by atoms with E-state index in [1.165, 1.54) is 38.8 Å². The van der Waals surface area contributed by atoms with E-state index in [4.69, 9.17) is 0 Å². The molecule has 0 radical (unpaired) electrons. The number of rotatable bonds is 5. The van der Waals surface area contributed by atoms with Gasteiger partial charge in [-0.15, -0.1) is 0 Å². The van der Waals surface area contributed by atoms with Crippen molar-refractivity contribution in [2.24, 2.45) is 5.92 Å². The average Bonchev–Trinajstić information content (AvgIpc) is 2.72. The quantitative estimate of drug-likeness (QED) is 0.767. The second-order valence-electron chi connectivity index (χ2n) is 5.67. The molecule has 4 heteroatoms. The van der Waals surface area contributed by atoms with Crippen molar-refractivity contribution in [3.8, 4) is 0 Å². The van der Waals surface area contributed by atoms with Crippen LogP contribution >= 0.6 is 0 Å². The van der Waals surface area contributed by atoms with Crippen molar-refractivity contribution in [2.75, 3.05) is 39.3 Å². The normalized spacial score (nSPS) is 25.9. The van der Waals surface area contributed by atoms with Crippen LogP contribution < -0.4 is 10.6 Å². The molecule has 0 aliphatic carbocycles. The van der Waals surface area contributed by atoms with E-state index in [9.17, 15) is 4.79 Å². The van der Waals surface area contributed by atoms with Gasteiger partial charge < -0.3 is 15.5 Å². The molecule has 1 atom stereocenters. The SMILES string of the molecule is O=C(CC1CCNC1)NCCN1CCCCCC1. The van der Waals surface area contributed by atoms with E-state index >= 15 is 0 Å². The van der Waals surface area contributed by atoms with Gasteiger partial charge >= 0.3 is 0 Å². The maximum atomic E-state index is 11.8. The predicted octanol–water partition coefficient (Wildman–Crippen LogP) is 0.978. The molecule has 2 aliphatic rings.